The average Bonchev–Trinajstić information content (AvgIpc) is 2.89. The quantitative estimate of drug-likeness (QED) is 0.231. The number of halogens is 3. The van der Waals surface area contributed by atoms with E-state index < -0.39 is 66.6 Å². The molecule has 14 heteroatoms. The van der Waals surface area contributed by atoms with Crippen molar-refractivity contribution in [3.05, 3.63) is 42.5 Å². The molecule has 4 rings (SSSR count). The van der Waals surface area contributed by atoms with Gasteiger partial charge >= 0.3 is 6.36 Å². The lowest BCUT2D eigenvalue weighted by molar-refractivity contribution is -0.481. The minimum Gasteiger partial charge on any atom is -0.438 e. The van der Waals surface area contributed by atoms with E-state index in [1.165, 1.54) is 30.3 Å². The summed E-state index contributed by atoms with van der Waals surface area (Å²) in [6.45, 7) is 5.20. The largest absolute Gasteiger partial charge is 0.573 e. The van der Waals surface area contributed by atoms with Gasteiger partial charge in [0.1, 0.15) is 29.7 Å². The maximum Gasteiger partial charge on any atom is 0.573 e. The third kappa shape index (κ3) is 6.48. The second-order valence-electron chi connectivity index (χ2n) is 10.3. The van der Waals surface area contributed by atoms with Gasteiger partial charge in [-0.25, -0.2) is 0 Å². The Bertz CT molecular complexity index is 1120. The standard InChI is InChI=1S/C27H36F3N3O8/c1-5-6-11-37-21-18(31-3)20(34)19(32-4)22-23(21)39-24-26(36,41-22)25(35,12-15(2)38-24)14-33-13-16-7-9-17(10-8-16)40-27(28,29)30/h5,7-10,15,18-24,31-36H,1,12-14H2,2-4H3/t15-,18-,19+,20+,21+,22-,23?,24+,25+,26-/m1/s1. The van der Waals surface area contributed by atoms with Gasteiger partial charge in [0.25, 0.3) is 0 Å². The van der Waals surface area contributed by atoms with Crippen molar-refractivity contribution >= 4 is 0 Å². The third-order valence-corrected chi connectivity index (χ3v) is 7.58. The normalized spacial score (nSPS) is 38.6. The maximum atomic E-state index is 12.4. The van der Waals surface area contributed by atoms with Crippen LogP contribution in [0.2, 0.25) is 0 Å². The summed E-state index contributed by atoms with van der Waals surface area (Å²) < 4.78 is 65.3. The molecule has 0 radical (unpaired) electrons. The summed E-state index contributed by atoms with van der Waals surface area (Å²) >= 11 is 0. The highest BCUT2D eigenvalue weighted by molar-refractivity contribution is 5.27. The zero-order valence-electron chi connectivity index (χ0n) is 22.9. The highest BCUT2D eigenvalue weighted by Gasteiger charge is 2.68. The molecular weight excluding hydrogens is 551 g/mol. The highest BCUT2D eigenvalue weighted by Crippen LogP contribution is 2.46. The van der Waals surface area contributed by atoms with E-state index in [1.54, 1.807) is 21.0 Å². The van der Waals surface area contributed by atoms with Gasteiger partial charge in [-0.2, -0.15) is 0 Å². The van der Waals surface area contributed by atoms with E-state index >= 15 is 0 Å². The zero-order valence-corrected chi connectivity index (χ0v) is 22.9. The van der Waals surface area contributed by atoms with Crippen molar-refractivity contribution in [1.82, 2.24) is 16.0 Å². The smallest absolute Gasteiger partial charge is 0.438 e. The van der Waals surface area contributed by atoms with Crippen molar-refractivity contribution in [2.24, 2.45) is 0 Å². The van der Waals surface area contributed by atoms with Crippen LogP contribution >= 0.6 is 0 Å². The molecule has 2 saturated heterocycles. The molecule has 41 heavy (non-hydrogen) atoms. The molecule has 1 aromatic rings. The molecule has 0 bridgehead atoms. The van der Waals surface area contributed by atoms with Crippen LogP contribution in [-0.4, -0.2) is 103 Å². The van der Waals surface area contributed by atoms with Crippen LogP contribution in [0.4, 0.5) is 13.2 Å². The average molecular weight is 588 g/mol. The summed E-state index contributed by atoms with van der Waals surface area (Å²) in [7, 11) is 3.27. The van der Waals surface area contributed by atoms with Gasteiger partial charge in [0, 0.05) is 19.5 Å². The maximum absolute atomic E-state index is 12.4. The predicted molar refractivity (Wildman–Crippen MR) is 138 cm³/mol. The van der Waals surface area contributed by atoms with Crippen LogP contribution < -0.4 is 20.7 Å². The molecule has 0 amide bonds. The van der Waals surface area contributed by atoms with Crippen molar-refractivity contribution in [3.8, 4) is 17.8 Å². The number of hydrogen-bond donors (Lipinski definition) is 6. The molecule has 0 aromatic heterocycles. The fraction of sp³-hybridized carbons (Fsp3) is 0.630. The molecule has 1 aliphatic carbocycles. The molecule has 10 atom stereocenters. The van der Waals surface area contributed by atoms with Gasteiger partial charge in [-0.15, -0.1) is 13.2 Å². The molecule has 1 unspecified atom stereocenters. The summed E-state index contributed by atoms with van der Waals surface area (Å²) in [5.74, 6) is -0.128. The van der Waals surface area contributed by atoms with E-state index in [9.17, 15) is 28.5 Å². The van der Waals surface area contributed by atoms with Crippen LogP contribution in [0, 0.1) is 12.0 Å². The Morgan fingerprint density at radius 3 is 2.41 bits per heavy atom. The SMILES string of the molecule is C=CC#CO[C@@H]1C2O[C@@H]3O[C@H](C)C[C@](O)(CNCc4ccc(OC(F)(F)F)cc4)[C@]3(O)O[C@@H]2[C@@H](NC)[C@@H](O)[C@H]1NC. The van der Waals surface area contributed by atoms with E-state index in [-0.39, 0.29) is 25.3 Å². The first-order chi connectivity index (χ1) is 19.4. The molecule has 0 spiro atoms. The number of allylic oxidation sites excluding steroid dienone is 1. The predicted octanol–water partition coefficient (Wildman–Crippen LogP) is 0.0960. The molecule has 11 nitrogen and oxygen atoms in total. The molecule has 3 aliphatic rings. The highest BCUT2D eigenvalue weighted by atomic mass is 19.4. The number of aliphatic hydroxyl groups excluding tert-OH is 1. The first kappa shape index (κ1) is 31.5. The fourth-order valence-electron chi connectivity index (χ4n) is 5.71. The number of benzene rings is 1. The lowest BCUT2D eigenvalue weighted by Crippen LogP contribution is -2.81. The van der Waals surface area contributed by atoms with Crippen LogP contribution in [0.1, 0.15) is 18.9 Å². The van der Waals surface area contributed by atoms with Crippen molar-refractivity contribution in [1.29, 1.82) is 0 Å². The van der Waals surface area contributed by atoms with Gasteiger partial charge in [0.15, 0.2) is 6.10 Å². The van der Waals surface area contributed by atoms with Crippen LogP contribution in [0.5, 0.6) is 5.75 Å². The van der Waals surface area contributed by atoms with Gasteiger partial charge in [-0.1, -0.05) is 18.7 Å². The van der Waals surface area contributed by atoms with Crippen molar-refractivity contribution in [3.63, 3.8) is 0 Å². The summed E-state index contributed by atoms with van der Waals surface area (Å²) in [5.41, 5.74) is -1.32. The Morgan fingerprint density at radius 2 is 1.80 bits per heavy atom. The molecule has 2 aliphatic heterocycles. The van der Waals surface area contributed by atoms with E-state index in [0.717, 1.165) is 0 Å². The Kier molecular flexibility index (Phi) is 9.54. The van der Waals surface area contributed by atoms with E-state index in [0.29, 0.717) is 5.56 Å². The summed E-state index contributed by atoms with van der Waals surface area (Å²) in [6, 6.07) is 3.87. The Labute approximate surface area is 235 Å². The lowest BCUT2D eigenvalue weighted by atomic mass is 9.77. The van der Waals surface area contributed by atoms with Gasteiger partial charge in [0.2, 0.25) is 12.1 Å². The molecular formula is C27H36F3N3O8. The molecule has 2 heterocycles. The first-order valence-electron chi connectivity index (χ1n) is 13.1. The number of fused-ring (bicyclic) bond motifs is 2. The van der Waals surface area contributed by atoms with Crippen molar-refractivity contribution < 1.29 is 52.2 Å². The molecule has 228 valence electrons. The third-order valence-electron chi connectivity index (χ3n) is 7.58. The van der Waals surface area contributed by atoms with Gasteiger partial charge in [0.05, 0.1) is 24.3 Å². The molecule has 1 aromatic carbocycles. The van der Waals surface area contributed by atoms with E-state index in [1.807, 2.05) is 0 Å². The number of nitrogens with one attached hydrogen (secondary N) is 3. The zero-order chi connectivity index (χ0) is 30.0. The summed E-state index contributed by atoms with van der Waals surface area (Å²) in [5, 5.41) is 43.8. The Hall–Kier alpha value is -2.45. The summed E-state index contributed by atoms with van der Waals surface area (Å²) in [4.78, 5) is 0. The van der Waals surface area contributed by atoms with Crippen LogP contribution in [0.3, 0.4) is 0 Å². The fourth-order valence-corrected chi connectivity index (χ4v) is 5.71. The number of aliphatic hydroxyl groups is 3. The minimum atomic E-state index is -4.80. The molecule has 1 saturated carbocycles. The van der Waals surface area contributed by atoms with Gasteiger partial charge in [-0.05, 0) is 50.7 Å². The molecule has 3 fully saturated rings. The number of ether oxygens (including phenoxy) is 5. The number of likely N-dealkylation sites (N-methyl/N-ethyl adjacent to an activating group) is 2. The topological polar surface area (TPSA) is 143 Å². The second-order valence-corrected chi connectivity index (χ2v) is 10.3. The van der Waals surface area contributed by atoms with E-state index in [4.69, 9.17) is 18.9 Å². The number of alkyl halides is 3. The summed E-state index contributed by atoms with van der Waals surface area (Å²) in [6.07, 6.45) is -6.74. The van der Waals surface area contributed by atoms with Crippen LogP contribution in [0.25, 0.3) is 0 Å². The van der Waals surface area contributed by atoms with Crippen LogP contribution in [0.15, 0.2) is 36.9 Å². The van der Waals surface area contributed by atoms with Gasteiger partial charge < -0.3 is 55.0 Å². The monoisotopic (exact) mass is 587 g/mol. The Morgan fingerprint density at radius 1 is 1.12 bits per heavy atom. The molecule has 6 N–H and O–H groups in total. The van der Waals surface area contributed by atoms with Crippen molar-refractivity contribution in [2.75, 3.05) is 20.6 Å². The lowest BCUT2D eigenvalue weighted by Gasteiger charge is -2.60. The minimum absolute atomic E-state index is 0.0389. The van der Waals surface area contributed by atoms with E-state index in [2.05, 4.69) is 39.3 Å². The second kappa shape index (κ2) is 12.4. The number of rotatable bonds is 8. The Balaban J connectivity index is 1.53. The number of hydrogen-bond acceptors (Lipinski definition) is 11. The van der Waals surface area contributed by atoms with Gasteiger partial charge in [-0.3, -0.25) is 0 Å². The first-order valence-corrected chi connectivity index (χ1v) is 13.1. The van der Waals surface area contributed by atoms with Crippen molar-refractivity contribution in [2.45, 2.75) is 86.5 Å². The van der Waals surface area contributed by atoms with Crippen LogP contribution in [-0.2, 0) is 25.5 Å².